The molecule has 1 saturated heterocycles. The molecule has 0 aromatic heterocycles. The van der Waals surface area contributed by atoms with Gasteiger partial charge < -0.3 is 18.9 Å². The molecule has 1 aliphatic rings. The highest BCUT2D eigenvalue weighted by Gasteiger charge is 2.51. The van der Waals surface area contributed by atoms with Gasteiger partial charge in [0.2, 0.25) is 0 Å². The number of nitrogens with zero attached hydrogens (tertiary/aromatic N) is 1. The Balaban J connectivity index is 2.40. The summed E-state index contributed by atoms with van der Waals surface area (Å²) in [6.07, 6.45) is 0. The minimum atomic E-state index is -0.520. The minimum absolute atomic E-state index is 0.0864. The number of ether oxygens (including phenoxy) is 1. The largest absolute Gasteiger partial charge is 0.497 e. The van der Waals surface area contributed by atoms with Crippen molar-refractivity contribution < 1.29 is 18.8 Å². The molecule has 0 atom stereocenters. The van der Waals surface area contributed by atoms with Crippen LogP contribution in [-0.4, -0.2) is 50.3 Å². The fourth-order valence-electron chi connectivity index (χ4n) is 2.24. The smallest absolute Gasteiger partial charge is 0.494 e. The number of rotatable bonds is 3. The summed E-state index contributed by atoms with van der Waals surface area (Å²) in [5.74, 6) is 0.522. The van der Waals surface area contributed by atoms with Crippen molar-refractivity contribution in [2.75, 3.05) is 21.2 Å². The summed E-state index contributed by atoms with van der Waals surface area (Å²) < 4.78 is 17.4. The Kier molecular flexibility index (Phi) is 4.28. The number of hydrogen-bond acceptors (Lipinski definition) is 4. The van der Waals surface area contributed by atoms with Crippen molar-refractivity contribution >= 4 is 18.5 Å². The Morgan fingerprint density at radius 1 is 1.09 bits per heavy atom. The van der Waals surface area contributed by atoms with E-state index in [1.54, 1.807) is 33.3 Å². The van der Waals surface area contributed by atoms with Crippen molar-refractivity contribution in [2.45, 2.75) is 38.9 Å². The average molecular weight is 305 g/mol. The topological polar surface area (TPSA) is 48.0 Å². The highest BCUT2D eigenvalue weighted by atomic mass is 16.7. The Bertz CT molecular complexity index is 568. The number of amides is 1. The monoisotopic (exact) mass is 305 g/mol. The van der Waals surface area contributed by atoms with E-state index in [0.717, 1.165) is 5.46 Å². The van der Waals surface area contributed by atoms with Gasteiger partial charge in [-0.05, 0) is 51.4 Å². The molecule has 0 N–H and O–H groups in total. The highest BCUT2D eigenvalue weighted by Crippen LogP contribution is 2.36. The van der Waals surface area contributed by atoms with Crippen LogP contribution in [0.1, 0.15) is 38.1 Å². The number of benzene rings is 1. The van der Waals surface area contributed by atoms with Gasteiger partial charge in [0.05, 0.1) is 18.3 Å². The van der Waals surface area contributed by atoms with Gasteiger partial charge in [-0.1, -0.05) is 0 Å². The van der Waals surface area contributed by atoms with E-state index in [4.69, 9.17) is 14.0 Å². The molecule has 1 fully saturated rings. The van der Waals surface area contributed by atoms with Crippen LogP contribution in [0.3, 0.4) is 0 Å². The van der Waals surface area contributed by atoms with Crippen molar-refractivity contribution in [1.82, 2.24) is 4.90 Å². The van der Waals surface area contributed by atoms with Crippen LogP contribution in [0.4, 0.5) is 0 Å². The molecule has 1 aromatic rings. The third kappa shape index (κ3) is 2.98. The molecule has 120 valence electrons. The molecule has 1 amide bonds. The first-order valence-corrected chi connectivity index (χ1v) is 7.33. The Morgan fingerprint density at radius 3 is 2.09 bits per heavy atom. The van der Waals surface area contributed by atoms with Gasteiger partial charge in [-0.25, -0.2) is 0 Å². The van der Waals surface area contributed by atoms with E-state index >= 15 is 0 Å². The van der Waals surface area contributed by atoms with Crippen molar-refractivity contribution in [3.8, 4) is 5.75 Å². The van der Waals surface area contributed by atoms with E-state index in [9.17, 15) is 4.79 Å². The lowest BCUT2D eigenvalue weighted by Crippen LogP contribution is -2.41. The predicted molar refractivity (Wildman–Crippen MR) is 86.7 cm³/mol. The number of hydrogen-bond donors (Lipinski definition) is 0. The standard InChI is InChI=1S/C16H24BNO4/c1-15(2)16(3,4)22-17(21-15)12-8-11(14(19)18(5)6)9-13(10-12)20-7/h8-10H,1-7H3. The molecule has 2 rings (SSSR count). The molecular weight excluding hydrogens is 281 g/mol. The Hall–Kier alpha value is -1.53. The van der Waals surface area contributed by atoms with Crippen LogP contribution < -0.4 is 10.2 Å². The number of methoxy groups -OCH3 is 1. The zero-order valence-corrected chi connectivity index (χ0v) is 14.4. The third-order valence-corrected chi connectivity index (χ3v) is 4.34. The van der Waals surface area contributed by atoms with E-state index in [1.807, 2.05) is 33.8 Å². The lowest BCUT2D eigenvalue weighted by molar-refractivity contribution is 0.00578. The van der Waals surface area contributed by atoms with E-state index in [0.29, 0.717) is 11.3 Å². The lowest BCUT2D eigenvalue weighted by Gasteiger charge is -2.32. The number of carbonyl (C=O) groups excluding carboxylic acids is 1. The van der Waals surface area contributed by atoms with Crippen molar-refractivity contribution in [1.29, 1.82) is 0 Å². The fourth-order valence-corrected chi connectivity index (χ4v) is 2.24. The summed E-state index contributed by atoms with van der Waals surface area (Å²) in [6, 6.07) is 5.36. The molecule has 22 heavy (non-hydrogen) atoms. The van der Waals surface area contributed by atoms with Gasteiger partial charge in [0.25, 0.3) is 5.91 Å². The van der Waals surface area contributed by atoms with Gasteiger partial charge in [-0.2, -0.15) is 0 Å². The maximum Gasteiger partial charge on any atom is 0.494 e. The summed E-state index contributed by atoms with van der Waals surface area (Å²) in [5, 5.41) is 0. The summed E-state index contributed by atoms with van der Waals surface area (Å²) >= 11 is 0. The zero-order valence-electron chi connectivity index (χ0n) is 14.4. The molecule has 0 radical (unpaired) electrons. The van der Waals surface area contributed by atoms with Gasteiger partial charge in [0.1, 0.15) is 5.75 Å². The molecule has 1 heterocycles. The molecule has 0 aliphatic carbocycles. The van der Waals surface area contributed by atoms with Gasteiger partial charge in [-0.15, -0.1) is 0 Å². The molecular formula is C16H24BNO4. The van der Waals surface area contributed by atoms with E-state index in [2.05, 4.69) is 0 Å². The molecule has 6 heteroatoms. The van der Waals surface area contributed by atoms with Crippen LogP contribution in [0.15, 0.2) is 18.2 Å². The molecule has 0 unspecified atom stereocenters. The molecule has 5 nitrogen and oxygen atoms in total. The Morgan fingerprint density at radius 2 is 1.64 bits per heavy atom. The van der Waals surface area contributed by atoms with Gasteiger partial charge in [0.15, 0.2) is 0 Å². The average Bonchev–Trinajstić information content (AvgIpc) is 2.66. The molecule has 0 bridgehead atoms. The molecule has 1 aliphatic heterocycles. The number of carbonyl (C=O) groups is 1. The molecule has 1 aromatic carbocycles. The zero-order chi connectivity index (χ0) is 16.7. The second-order valence-electron chi connectivity index (χ2n) is 6.78. The van der Waals surface area contributed by atoms with E-state index in [-0.39, 0.29) is 5.91 Å². The van der Waals surface area contributed by atoms with Crippen LogP contribution in [-0.2, 0) is 9.31 Å². The second kappa shape index (κ2) is 5.59. The van der Waals surface area contributed by atoms with E-state index in [1.165, 1.54) is 4.90 Å². The van der Waals surface area contributed by atoms with Crippen LogP contribution in [0.2, 0.25) is 0 Å². The summed E-state index contributed by atoms with van der Waals surface area (Å²) in [6.45, 7) is 8.00. The van der Waals surface area contributed by atoms with Gasteiger partial charge in [-0.3, -0.25) is 4.79 Å². The molecule has 0 spiro atoms. The quantitative estimate of drug-likeness (QED) is 0.798. The normalized spacial score (nSPS) is 19.1. The van der Waals surface area contributed by atoms with Crippen LogP contribution in [0.25, 0.3) is 0 Å². The maximum absolute atomic E-state index is 12.2. The third-order valence-electron chi connectivity index (χ3n) is 4.34. The van der Waals surface area contributed by atoms with Gasteiger partial charge in [0, 0.05) is 19.7 Å². The van der Waals surface area contributed by atoms with E-state index < -0.39 is 18.3 Å². The highest BCUT2D eigenvalue weighted by molar-refractivity contribution is 6.62. The van der Waals surface area contributed by atoms with Crippen molar-refractivity contribution in [2.24, 2.45) is 0 Å². The fraction of sp³-hybridized carbons (Fsp3) is 0.562. The van der Waals surface area contributed by atoms with Crippen molar-refractivity contribution in [3.05, 3.63) is 23.8 Å². The predicted octanol–water partition coefficient (Wildman–Crippen LogP) is 1.70. The summed E-state index contributed by atoms with van der Waals surface area (Å²) in [4.78, 5) is 13.8. The Labute approximate surface area is 132 Å². The first-order chi connectivity index (χ1) is 10.1. The SMILES string of the molecule is COc1cc(B2OC(C)(C)C(C)(C)O2)cc(C(=O)N(C)C)c1. The molecule has 0 saturated carbocycles. The van der Waals surface area contributed by atoms with Crippen LogP contribution in [0.5, 0.6) is 5.75 Å². The first kappa shape index (κ1) is 16.8. The minimum Gasteiger partial charge on any atom is -0.497 e. The lowest BCUT2D eigenvalue weighted by atomic mass is 9.78. The maximum atomic E-state index is 12.2. The summed E-state index contributed by atoms with van der Waals surface area (Å²) in [5.41, 5.74) is 0.483. The second-order valence-corrected chi connectivity index (χ2v) is 6.78. The van der Waals surface area contributed by atoms with Crippen molar-refractivity contribution in [3.63, 3.8) is 0 Å². The van der Waals surface area contributed by atoms with Crippen LogP contribution in [0, 0.1) is 0 Å². The van der Waals surface area contributed by atoms with Crippen LogP contribution >= 0.6 is 0 Å². The summed E-state index contributed by atoms with van der Waals surface area (Å²) in [7, 11) is 4.49. The first-order valence-electron chi connectivity index (χ1n) is 7.33. The van der Waals surface area contributed by atoms with Gasteiger partial charge >= 0.3 is 7.12 Å².